The van der Waals surface area contributed by atoms with Gasteiger partial charge in [-0.25, -0.2) is 4.98 Å². The van der Waals surface area contributed by atoms with Crippen molar-refractivity contribution in [3.8, 4) is 0 Å². The predicted molar refractivity (Wildman–Crippen MR) is 129 cm³/mol. The third kappa shape index (κ3) is 5.32. The quantitative estimate of drug-likeness (QED) is 0.516. The van der Waals surface area contributed by atoms with E-state index in [9.17, 15) is 0 Å². The zero-order valence-electron chi connectivity index (χ0n) is 17.4. The molecule has 1 aromatic heterocycles. The third-order valence-electron chi connectivity index (χ3n) is 5.86. The van der Waals surface area contributed by atoms with Crippen LogP contribution in [0.15, 0.2) is 30.3 Å². The molecule has 1 unspecified atom stereocenters. The van der Waals surface area contributed by atoms with E-state index < -0.39 is 0 Å². The van der Waals surface area contributed by atoms with E-state index in [0.29, 0.717) is 28.8 Å². The minimum Gasteiger partial charge on any atom is -0.372 e. The van der Waals surface area contributed by atoms with Crippen molar-refractivity contribution in [2.75, 3.05) is 34.8 Å². The van der Waals surface area contributed by atoms with Gasteiger partial charge in [-0.1, -0.05) is 23.7 Å². The molecule has 2 fully saturated rings. The lowest BCUT2D eigenvalue weighted by Gasteiger charge is -2.34. The second kappa shape index (κ2) is 9.79. The van der Waals surface area contributed by atoms with Crippen molar-refractivity contribution < 1.29 is 0 Å². The summed E-state index contributed by atoms with van der Waals surface area (Å²) in [4.78, 5) is 13.7. The van der Waals surface area contributed by atoms with Crippen LogP contribution in [0.25, 0.3) is 0 Å². The summed E-state index contributed by atoms with van der Waals surface area (Å²) in [5.74, 6) is 1.28. The molecule has 0 amide bonds. The molecule has 0 saturated carbocycles. The molecule has 2 saturated heterocycles. The zero-order valence-corrected chi connectivity index (χ0v) is 19.0. The van der Waals surface area contributed by atoms with Crippen LogP contribution in [0.2, 0.25) is 5.15 Å². The Kier molecular flexibility index (Phi) is 6.89. The summed E-state index contributed by atoms with van der Waals surface area (Å²) in [5.41, 5.74) is 2.47. The van der Waals surface area contributed by atoms with Gasteiger partial charge in [0.25, 0.3) is 0 Å². The SMILES string of the molecule is CC1CCCCN1c1cc(Cl)nc(NC(=S)NCc2ccc(N3CCCC3)cc2)n1. The summed E-state index contributed by atoms with van der Waals surface area (Å²) in [6.45, 7) is 6.17. The molecule has 2 aromatic rings. The average Bonchev–Trinajstić information content (AvgIpc) is 3.27. The van der Waals surface area contributed by atoms with Crippen LogP contribution in [0.3, 0.4) is 0 Å². The van der Waals surface area contributed by atoms with Crippen LogP contribution in [0.5, 0.6) is 0 Å². The number of hydrogen-bond acceptors (Lipinski definition) is 5. The number of nitrogens with one attached hydrogen (secondary N) is 2. The molecule has 8 heteroatoms. The fourth-order valence-electron chi connectivity index (χ4n) is 4.18. The topological polar surface area (TPSA) is 56.3 Å². The lowest BCUT2D eigenvalue weighted by molar-refractivity contribution is 0.481. The van der Waals surface area contributed by atoms with E-state index in [4.69, 9.17) is 23.8 Å². The van der Waals surface area contributed by atoms with Crippen molar-refractivity contribution in [3.63, 3.8) is 0 Å². The van der Waals surface area contributed by atoms with Gasteiger partial charge in [0.1, 0.15) is 11.0 Å². The molecule has 6 nitrogen and oxygen atoms in total. The summed E-state index contributed by atoms with van der Waals surface area (Å²) < 4.78 is 0. The first-order valence-electron chi connectivity index (χ1n) is 10.8. The molecule has 2 aliphatic rings. The Morgan fingerprint density at radius 1 is 1.10 bits per heavy atom. The van der Waals surface area contributed by atoms with E-state index in [-0.39, 0.29) is 0 Å². The lowest BCUT2D eigenvalue weighted by Crippen LogP contribution is -2.38. The molecule has 2 aliphatic heterocycles. The summed E-state index contributed by atoms with van der Waals surface area (Å²) in [5, 5.41) is 7.22. The highest BCUT2D eigenvalue weighted by molar-refractivity contribution is 7.80. The van der Waals surface area contributed by atoms with Gasteiger partial charge >= 0.3 is 0 Å². The van der Waals surface area contributed by atoms with Crippen LogP contribution in [-0.4, -0.2) is 40.8 Å². The summed E-state index contributed by atoms with van der Waals surface area (Å²) >= 11 is 11.7. The first kappa shape index (κ1) is 21.1. The Morgan fingerprint density at radius 2 is 1.83 bits per heavy atom. The lowest BCUT2D eigenvalue weighted by atomic mass is 10.0. The number of nitrogens with zero attached hydrogens (tertiary/aromatic N) is 4. The van der Waals surface area contributed by atoms with Gasteiger partial charge in [0.15, 0.2) is 5.11 Å². The predicted octanol–water partition coefficient (Wildman–Crippen LogP) is 4.60. The van der Waals surface area contributed by atoms with Gasteiger partial charge in [-0.2, -0.15) is 4.98 Å². The molecule has 2 N–H and O–H groups in total. The maximum atomic E-state index is 6.26. The van der Waals surface area contributed by atoms with Crippen molar-refractivity contribution in [2.45, 2.75) is 51.6 Å². The number of aromatic nitrogens is 2. The van der Waals surface area contributed by atoms with E-state index >= 15 is 0 Å². The van der Waals surface area contributed by atoms with Crippen molar-refractivity contribution in [1.29, 1.82) is 0 Å². The van der Waals surface area contributed by atoms with E-state index in [1.165, 1.54) is 43.4 Å². The van der Waals surface area contributed by atoms with Crippen LogP contribution in [-0.2, 0) is 6.54 Å². The largest absolute Gasteiger partial charge is 0.372 e. The normalized spacial score (nSPS) is 19.1. The van der Waals surface area contributed by atoms with Gasteiger partial charge in [0, 0.05) is 44.0 Å². The van der Waals surface area contributed by atoms with E-state index in [1.54, 1.807) is 0 Å². The van der Waals surface area contributed by atoms with Crippen molar-refractivity contribution in [2.24, 2.45) is 0 Å². The Balaban J connectivity index is 1.33. The molecule has 1 aromatic carbocycles. The van der Waals surface area contributed by atoms with Gasteiger partial charge in [-0.15, -0.1) is 0 Å². The fourth-order valence-corrected chi connectivity index (χ4v) is 4.52. The molecule has 0 spiro atoms. The molecular formula is C22H29ClN6S. The third-order valence-corrected chi connectivity index (χ3v) is 6.30. The number of rotatable bonds is 5. The fraction of sp³-hybridized carbons (Fsp3) is 0.500. The number of piperidine rings is 1. The highest BCUT2D eigenvalue weighted by Crippen LogP contribution is 2.25. The van der Waals surface area contributed by atoms with Crippen LogP contribution in [0.1, 0.15) is 44.6 Å². The Hall–Kier alpha value is -2.12. The second-order valence-corrected chi connectivity index (χ2v) is 8.87. The molecule has 0 bridgehead atoms. The molecule has 1 atom stereocenters. The van der Waals surface area contributed by atoms with Crippen molar-refractivity contribution in [1.82, 2.24) is 15.3 Å². The van der Waals surface area contributed by atoms with Crippen molar-refractivity contribution >= 4 is 46.4 Å². The summed E-state index contributed by atoms with van der Waals surface area (Å²) in [6.07, 6.45) is 6.17. The van der Waals surface area contributed by atoms with Crippen LogP contribution < -0.4 is 20.4 Å². The highest BCUT2D eigenvalue weighted by Gasteiger charge is 2.21. The highest BCUT2D eigenvalue weighted by atomic mass is 35.5. The van der Waals surface area contributed by atoms with Crippen LogP contribution in [0.4, 0.5) is 17.5 Å². The number of benzene rings is 1. The molecule has 0 aliphatic carbocycles. The standard InChI is InChI=1S/C22H29ClN6S/c1-16-6-2-3-13-29(16)20-14-19(23)25-21(26-20)27-22(30)24-15-17-7-9-18(10-8-17)28-11-4-5-12-28/h7-10,14,16H,2-6,11-13,15H2,1H3,(H2,24,25,26,27,30). The van der Waals surface area contributed by atoms with Gasteiger partial charge in [-0.3, -0.25) is 0 Å². The number of thiocarbonyl (C=S) groups is 1. The van der Waals surface area contributed by atoms with Crippen LogP contribution >= 0.6 is 23.8 Å². The maximum Gasteiger partial charge on any atom is 0.232 e. The van der Waals surface area contributed by atoms with Gasteiger partial charge < -0.3 is 20.4 Å². The summed E-state index contributed by atoms with van der Waals surface area (Å²) in [7, 11) is 0. The molecule has 0 radical (unpaired) electrons. The van der Waals surface area contributed by atoms with Gasteiger partial charge in [0.2, 0.25) is 5.95 Å². The molecule has 3 heterocycles. The van der Waals surface area contributed by atoms with Gasteiger partial charge in [-0.05, 0) is 68.9 Å². The smallest absolute Gasteiger partial charge is 0.232 e. The minimum atomic E-state index is 0.417. The van der Waals surface area contributed by atoms with E-state index in [2.05, 4.69) is 61.6 Å². The van der Waals surface area contributed by atoms with Crippen LogP contribution in [0, 0.1) is 0 Å². The molecular weight excluding hydrogens is 416 g/mol. The maximum absolute atomic E-state index is 6.26. The average molecular weight is 445 g/mol. The monoisotopic (exact) mass is 444 g/mol. The van der Waals surface area contributed by atoms with E-state index in [1.807, 2.05) is 6.07 Å². The minimum absolute atomic E-state index is 0.417. The van der Waals surface area contributed by atoms with Gasteiger partial charge in [0.05, 0.1) is 0 Å². The molecule has 30 heavy (non-hydrogen) atoms. The first-order chi connectivity index (χ1) is 14.6. The summed E-state index contributed by atoms with van der Waals surface area (Å²) in [6, 6.07) is 10.9. The molecule has 160 valence electrons. The number of halogens is 1. The molecule has 4 rings (SSSR count). The number of anilines is 3. The first-order valence-corrected chi connectivity index (χ1v) is 11.6. The number of hydrogen-bond donors (Lipinski definition) is 2. The Labute approximate surface area is 189 Å². The Bertz CT molecular complexity index is 868. The second-order valence-electron chi connectivity index (χ2n) is 8.08. The Morgan fingerprint density at radius 3 is 2.57 bits per heavy atom. The zero-order chi connectivity index (χ0) is 20.9. The van der Waals surface area contributed by atoms with E-state index in [0.717, 1.165) is 25.5 Å². The van der Waals surface area contributed by atoms with Crippen molar-refractivity contribution in [3.05, 3.63) is 41.0 Å².